The molecule has 3 rings (SSSR count). The molecular formula is C18H28N2O. The number of pyridine rings is 1. The van der Waals surface area contributed by atoms with Crippen LogP contribution in [0.3, 0.4) is 0 Å². The van der Waals surface area contributed by atoms with Crippen molar-refractivity contribution in [3.63, 3.8) is 0 Å². The Morgan fingerprint density at radius 2 is 2.10 bits per heavy atom. The number of nitrogens with zero attached hydrogens (tertiary/aromatic N) is 1. The Labute approximate surface area is 128 Å². The molecule has 0 aromatic carbocycles. The van der Waals surface area contributed by atoms with Crippen LogP contribution in [-0.4, -0.2) is 30.3 Å². The van der Waals surface area contributed by atoms with Gasteiger partial charge in [-0.2, -0.15) is 0 Å². The molecule has 0 bridgehead atoms. The van der Waals surface area contributed by atoms with Crippen molar-refractivity contribution in [2.75, 3.05) is 13.7 Å². The molecule has 0 amide bonds. The topological polar surface area (TPSA) is 34.2 Å². The van der Waals surface area contributed by atoms with Gasteiger partial charge in [-0.3, -0.25) is 4.98 Å². The van der Waals surface area contributed by atoms with E-state index in [4.69, 9.17) is 4.74 Å². The van der Waals surface area contributed by atoms with Gasteiger partial charge in [0.15, 0.2) is 0 Å². The van der Waals surface area contributed by atoms with E-state index in [9.17, 15) is 0 Å². The number of rotatable bonds is 5. The normalized spacial score (nSPS) is 26.0. The van der Waals surface area contributed by atoms with Crippen molar-refractivity contribution in [1.29, 1.82) is 0 Å². The van der Waals surface area contributed by atoms with Crippen molar-refractivity contribution in [3.8, 4) is 0 Å². The summed E-state index contributed by atoms with van der Waals surface area (Å²) in [5, 5.41) is 3.58. The molecule has 2 unspecified atom stereocenters. The summed E-state index contributed by atoms with van der Waals surface area (Å²) in [5.74, 6) is 0.767. The van der Waals surface area contributed by atoms with Crippen LogP contribution in [0, 0.1) is 5.92 Å². The van der Waals surface area contributed by atoms with Gasteiger partial charge >= 0.3 is 0 Å². The maximum absolute atomic E-state index is 6.18. The van der Waals surface area contributed by atoms with Gasteiger partial charge in [0.25, 0.3) is 0 Å². The summed E-state index contributed by atoms with van der Waals surface area (Å²) in [7, 11) is 2.12. The minimum Gasteiger partial charge on any atom is -0.375 e. The third-order valence-electron chi connectivity index (χ3n) is 5.48. The van der Waals surface area contributed by atoms with Crippen molar-refractivity contribution < 1.29 is 4.74 Å². The van der Waals surface area contributed by atoms with Gasteiger partial charge in [-0.1, -0.05) is 12.8 Å². The standard InChI is InChI=1S/C18H28N2O/c1-19-17(5-4-15-6-11-20-12-7-15)16-8-13-21-18(14-16)9-2-3-10-18/h6-7,11-12,16-17,19H,2-5,8-10,13-14H2,1H3. The summed E-state index contributed by atoms with van der Waals surface area (Å²) >= 11 is 0. The number of ether oxygens (including phenoxy) is 1. The van der Waals surface area contributed by atoms with E-state index < -0.39 is 0 Å². The first-order chi connectivity index (χ1) is 10.3. The molecule has 21 heavy (non-hydrogen) atoms. The quantitative estimate of drug-likeness (QED) is 0.902. The monoisotopic (exact) mass is 288 g/mol. The van der Waals surface area contributed by atoms with Crippen LogP contribution in [0.15, 0.2) is 24.5 Å². The second-order valence-electron chi connectivity index (χ2n) is 6.78. The maximum Gasteiger partial charge on any atom is 0.0685 e. The highest BCUT2D eigenvalue weighted by molar-refractivity contribution is 5.10. The number of aromatic nitrogens is 1. The van der Waals surface area contributed by atoms with Crippen LogP contribution >= 0.6 is 0 Å². The summed E-state index contributed by atoms with van der Waals surface area (Å²) in [6.45, 7) is 0.956. The highest BCUT2D eigenvalue weighted by Crippen LogP contribution is 2.43. The largest absolute Gasteiger partial charge is 0.375 e. The van der Waals surface area contributed by atoms with E-state index in [-0.39, 0.29) is 5.60 Å². The molecule has 1 aromatic heterocycles. The summed E-state index contributed by atoms with van der Waals surface area (Å²) in [4.78, 5) is 4.10. The Balaban J connectivity index is 1.57. The lowest BCUT2D eigenvalue weighted by atomic mass is 9.79. The molecule has 1 spiro atoms. The minimum atomic E-state index is 0.231. The van der Waals surface area contributed by atoms with Gasteiger partial charge in [0.1, 0.15) is 0 Å². The van der Waals surface area contributed by atoms with Gasteiger partial charge in [0.05, 0.1) is 5.60 Å². The zero-order chi connectivity index (χ0) is 14.5. The second-order valence-corrected chi connectivity index (χ2v) is 6.78. The van der Waals surface area contributed by atoms with Gasteiger partial charge in [0.2, 0.25) is 0 Å². The molecule has 1 aromatic rings. The van der Waals surface area contributed by atoms with Gasteiger partial charge in [-0.15, -0.1) is 0 Å². The molecule has 1 N–H and O–H groups in total. The van der Waals surface area contributed by atoms with Crippen LogP contribution in [0.4, 0.5) is 0 Å². The highest BCUT2D eigenvalue weighted by Gasteiger charge is 2.41. The lowest BCUT2D eigenvalue weighted by Gasteiger charge is -2.41. The third kappa shape index (κ3) is 3.64. The molecule has 1 aliphatic heterocycles. The molecule has 2 fully saturated rings. The average molecular weight is 288 g/mol. The summed E-state index contributed by atoms with van der Waals surface area (Å²) < 4.78 is 6.18. The van der Waals surface area contributed by atoms with Crippen molar-refractivity contribution >= 4 is 0 Å². The van der Waals surface area contributed by atoms with Crippen LogP contribution in [-0.2, 0) is 11.2 Å². The first-order valence-electron chi connectivity index (χ1n) is 8.51. The molecular weight excluding hydrogens is 260 g/mol. The third-order valence-corrected chi connectivity index (χ3v) is 5.48. The van der Waals surface area contributed by atoms with E-state index in [0.29, 0.717) is 6.04 Å². The molecule has 3 heteroatoms. The van der Waals surface area contributed by atoms with Crippen LogP contribution in [0.25, 0.3) is 0 Å². The zero-order valence-electron chi connectivity index (χ0n) is 13.2. The number of aryl methyl sites for hydroxylation is 1. The Kier molecular flexibility index (Phi) is 4.91. The molecule has 1 saturated heterocycles. The molecule has 2 heterocycles. The predicted molar refractivity (Wildman–Crippen MR) is 85.3 cm³/mol. The Morgan fingerprint density at radius 1 is 1.33 bits per heavy atom. The van der Waals surface area contributed by atoms with E-state index in [0.717, 1.165) is 18.9 Å². The number of hydrogen-bond acceptors (Lipinski definition) is 3. The van der Waals surface area contributed by atoms with Crippen molar-refractivity contribution in [2.24, 2.45) is 5.92 Å². The summed E-state index contributed by atoms with van der Waals surface area (Å²) in [6, 6.07) is 4.88. The van der Waals surface area contributed by atoms with Gasteiger partial charge in [-0.25, -0.2) is 0 Å². The molecule has 2 aliphatic rings. The van der Waals surface area contributed by atoms with E-state index in [1.165, 1.54) is 50.5 Å². The van der Waals surface area contributed by atoms with Crippen molar-refractivity contribution in [2.45, 2.75) is 63.0 Å². The molecule has 1 aliphatic carbocycles. The fraction of sp³-hybridized carbons (Fsp3) is 0.722. The average Bonchev–Trinajstić information content (AvgIpc) is 2.97. The lowest BCUT2D eigenvalue weighted by Crippen LogP contribution is -2.45. The Morgan fingerprint density at radius 3 is 2.81 bits per heavy atom. The maximum atomic E-state index is 6.18. The summed E-state index contributed by atoms with van der Waals surface area (Å²) in [5.41, 5.74) is 1.63. The van der Waals surface area contributed by atoms with Crippen LogP contribution in [0.5, 0.6) is 0 Å². The van der Waals surface area contributed by atoms with Crippen LogP contribution in [0.1, 0.15) is 50.5 Å². The predicted octanol–water partition coefficient (Wildman–Crippen LogP) is 3.34. The van der Waals surface area contributed by atoms with Crippen molar-refractivity contribution in [3.05, 3.63) is 30.1 Å². The summed E-state index contributed by atoms with van der Waals surface area (Å²) in [6.07, 6.45) is 13.9. The van der Waals surface area contributed by atoms with Gasteiger partial charge in [-0.05, 0) is 69.2 Å². The highest BCUT2D eigenvalue weighted by atomic mass is 16.5. The fourth-order valence-corrected chi connectivity index (χ4v) is 4.26. The number of hydrogen-bond donors (Lipinski definition) is 1. The Bertz CT molecular complexity index is 428. The smallest absolute Gasteiger partial charge is 0.0685 e. The molecule has 0 radical (unpaired) electrons. The SMILES string of the molecule is CNC(CCc1ccncc1)C1CCOC2(CCCC2)C1. The number of nitrogens with one attached hydrogen (secondary N) is 1. The molecule has 3 nitrogen and oxygen atoms in total. The van der Waals surface area contributed by atoms with Crippen LogP contribution in [0.2, 0.25) is 0 Å². The first-order valence-corrected chi connectivity index (χ1v) is 8.51. The van der Waals surface area contributed by atoms with Crippen molar-refractivity contribution in [1.82, 2.24) is 10.3 Å². The van der Waals surface area contributed by atoms with Gasteiger partial charge in [0, 0.05) is 25.0 Å². The Hall–Kier alpha value is -0.930. The second kappa shape index (κ2) is 6.89. The fourth-order valence-electron chi connectivity index (χ4n) is 4.26. The zero-order valence-corrected chi connectivity index (χ0v) is 13.2. The first kappa shape index (κ1) is 15.0. The molecule has 1 saturated carbocycles. The van der Waals surface area contributed by atoms with E-state index in [1.807, 2.05) is 12.4 Å². The van der Waals surface area contributed by atoms with E-state index >= 15 is 0 Å². The van der Waals surface area contributed by atoms with Gasteiger partial charge < -0.3 is 10.1 Å². The van der Waals surface area contributed by atoms with E-state index in [1.54, 1.807) is 0 Å². The lowest BCUT2D eigenvalue weighted by molar-refractivity contribution is -0.0979. The van der Waals surface area contributed by atoms with E-state index in [2.05, 4.69) is 29.5 Å². The molecule has 116 valence electrons. The van der Waals surface area contributed by atoms with Crippen LogP contribution < -0.4 is 5.32 Å². The molecule has 2 atom stereocenters. The minimum absolute atomic E-state index is 0.231.